The highest BCUT2D eigenvalue weighted by molar-refractivity contribution is 5.29. The molecule has 0 aliphatic heterocycles. The molecule has 3 nitrogen and oxygen atoms in total. The van der Waals surface area contributed by atoms with Crippen molar-refractivity contribution in [3.8, 4) is 5.75 Å². The Labute approximate surface area is 89.9 Å². The van der Waals surface area contributed by atoms with Crippen LogP contribution in [0.4, 0.5) is 0 Å². The molecule has 0 amide bonds. The van der Waals surface area contributed by atoms with Gasteiger partial charge in [0.1, 0.15) is 5.75 Å². The Balaban J connectivity index is 1.95. The van der Waals surface area contributed by atoms with E-state index in [1.807, 2.05) is 24.3 Å². The number of rotatable bonds is 5. The van der Waals surface area contributed by atoms with Crippen LogP contribution in [-0.4, -0.2) is 17.8 Å². The number of hydrogen-bond acceptors (Lipinski definition) is 3. The zero-order valence-electron chi connectivity index (χ0n) is 8.73. The topological polar surface area (TPSA) is 55.5 Å². The second-order valence-electron chi connectivity index (χ2n) is 4.01. The molecule has 1 unspecified atom stereocenters. The lowest BCUT2D eigenvalue weighted by Crippen LogP contribution is -2.11. The van der Waals surface area contributed by atoms with Gasteiger partial charge in [0.15, 0.2) is 0 Å². The van der Waals surface area contributed by atoms with E-state index in [9.17, 15) is 0 Å². The molecule has 3 heteroatoms. The Morgan fingerprint density at radius 3 is 2.53 bits per heavy atom. The van der Waals surface area contributed by atoms with Crippen molar-refractivity contribution in [3.05, 3.63) is 29.8 Å². The van der Waals surface area contributed by atoms with Crippen molar-refractivity contribution in [3.63, 3.8) is 0 Å². The van der Waals surface area contributed by atoms with Gasteiger partial charge in [-0.25, -0.2) is 0 Å². The molecule has 1 aromatic rings. The molecule has 1 fully saturated rings. The van der Waals surface area contributed by atoms with E-state index < -0.39 is 0 Å². The van der Waals surface area contributed by atoms with Crippen molar-refractivity contribution in [2.75, 3.05) is 6.61 Å². The molecule has 2 rings (SSSR count). The Hall–Kier alpha value is -1.06. The summed E-state index contributed by atoms with van der Waals surface area (Å²) in [4.78, 5) is 0. The first-order chi connectivity index (χ1) is 7.29. The van der Waals surface area contributed by atoms with E-state index in [0.717, 1.165) is 11.3 Å². The predicted octanol–water partition coefficient (Wildman–Crippen LogP) is 1.61. The van der Waals surface area contributed by atoms with Crippen LogP contribution in [0.1, 0.15) is 30.9 Å². The normalized spacial score (nSPS) is 17.5. The highest BCUT2D eigenvalue weighted by atomic mass is 16.5. The quantitative estimate of drug-likeness (QED) is 0.771. The van der Waals surface area contributed by atoms with Gasteiger partial charge in [0.25, 0.3) is 0 Å². The number of aliphatic hydroxyl groups is 1. The molecule has 0 spiro atoms. The van der Waals surface area contributed by atoms with Crippen molar-refractivity contribution in [2.45, 2.75) is 31.4 Å². The molecule has 0 saturated heterocycles. The van der Waals surface area contributed by atoms with Crippen LogP contribution in [0.3, 0.4) is 0 Å². The van der Waals surface area contributed by atoms with Gasteiger partial charge >= 0.3 is 0 Å². The van der Waals surface area contributed by atoms with Crippen LogP contribution in [0.15, 0.2) is 24.3 Å². The van der Waals surface area contributed by atoms with E-state index in [1.165, 1.54) is 12.8 Å². The first-order valence-electron chi connectivity index (χ1n) is 5.42. The highest BCUT2D eigenvalue weighted by Gasteiger charge is 2.23. The Morgan fingerprint density at radius 1 is 1.33 bits per heavy atom. The van der Waals surface area contributed by atoms with Gasteiger partial charge in [-0.05, 0) is 37.0 Å². The lowest BCUT2D eigenvalue weighted by Gasteiger charge is -2.11. The molecule has 82 valence electrons. The standard InChI is InChI=1S/C12H17NO2/c13-12(7-8-14)9-1-3-10(4-2-9)15-11-5-6-11/h1-4,11-12,14H,5-8,13H2. The number of nitrogens with two attached hydrogens (primary N) is 1. The van der Waals surface area contributed by atoms with Gasteiger partial charge in [0, 0.05) is 12.6 Å². The summed E-state index contributed by atoms with van der Waals surface area (Å²) >= 11 is 0. The number of hydrogen-bond donors (Lipinski definition) is 2. The second-order valence-corrected chi connectivity index (χ2v) is 4.01. The van der Waals surface area contributed by atoms with E-state index >= 15 is 0 Å². The van der Waals surface area contributed by atoms with E-state index in [-0.39, 0.29) is 12.6 Å². The molecule has 1 atom stereocenters. The summed E-state index contributed by atoms with van der Waals surface area (Å²) in [7, 11) is 0. The molecule has 1 saturated carbocycles. The lowest BCUT2D eigenvalue weighted by molar-refractivity contribution is 0.276. The molecule has 0 heterocycles. The van der Waals surface area contributed by atoms with Gasteiger partial charge in [0.2, 0.25) is 0 Å². The average molecular weight is 207 g/mol. The summed E-state index contributed by atoms with van der Waals surface area (Å²) in [6.07, 6.45) is 3.38. The van der Waals surface area contributed by atoms with Crippen molar-refractivity contribution >= 4 is 0 Å². The van der Waals surface area contributed by atoms with Crippen molar-refractivity contribution in [1.82, 2.24) is 0 Å². The number of aliphatic hydroxyl groups excluding tert-OH is 1. The summed E-state index contributed by atoms with van der Waals surface area (Å²) < 4.78 is 5.63. The van der Waals surface area contributed by atoms with Gasteiger partial charge in [-0.2, -0.15) is 0 Å². The Bertz CT molecular complexity index is 306. The minimum atomic E-state index is -0.0787. The number of ether oxygens (including phenoxy) is 1. The summed E-state index contributed by atoms with van der Waals surface area (Å²) in [6.45, 7) is 0.126. The van der Waals surface area contributed by atoms with Crippen LogP contribution < -0.4 is 10.5 Å². The minimum Gasteiger partial charge on any atom is -0.490 e. The van der Waals surface area contributed by atoms with E-state index in [2.05, 4.69) is 0 Å². The monoisotopic (exact) mass is 207 g/mol. The molecular weight excluding hydrogens is 190 g/mol. The van der Waals surface area contributed by atoms with Crippen molar-refractivity contribution in [1.29, 1.82) is 0 Å². The van der Waals surface area contributed by atoms with Crippen LogP contribution in [0.5, 0.6) is 5.75 Å². The van der Waals surface area contributed by atoms with Crippen molar-refractivity contribution in [2.24, 2.45) is 5.73 Å². The van der Waals surface area contributed by atoms with Crippen LogP contribution in [0.2, 0.25) is 0 Å². The van der Waals surface area contributed by atoms with E-state index in [1.54, 1.807) is 0 Å². The second kappa shape index (κ2) is 4.64. The maximum atomic E-state index is 8.78. The molecule has 0 radical (unpaired) electrons. The zero-order chi connectivity index (χ0) is 10.7. The van der Waals surface area contributed by atoms with Crippen LogP contribution in [-0.2, 0) is 0 Å². The van der Waals surface area contributed by atoms with Gasteiger partial charge in [0.05, 0.1) is 6.10 Å². The van der Waals surface area contributed by atoms with E-state index in [4.69, 9.17) is 15.6 Å². The van der Waals surface area contributed by atoms with Crippen molar-refractivity contribution < 1.29 is 9.84 Å². The maximum Gasteiger partial charge on any atom is 0.119 e. The summed E-state index contributed by atoms with van der Waals surface area (Å²) in [5.41, 5.74) is 6.92. The third-order valence-electron chi connectivity index (χ3n) is 2.58. The fourth-order valence-corrected chi connectivity index (χ4v) is 1.48. The van der Waals surface area contributed by atoms with Crippen LogP contribution in [0, 0.1) is 0 Å². The fourth-order valence-electron chi connectivity index (χ4n) is 1.48. The molecule has 15 heavy (non-hydrogen) atoms. The fraction of sp³-hybridized carbons (Fsp3) is 0.500. The molecule has 1 aliphatic carbocycles. The molecular formula is C12H17NO2. The maximum absolute atomic E-state index is 8.78. The average Bonchev–Trinajstić information content (AvgIpc) is 3.03. The van der Waals surface area contributed by atoms with Crippen LogP contribution in [0.25, 0.3) is 0 Å². The Morgan fingerprint density at radius 2 is 2.00 bits per heavy atom. The van der Waals surface area contributed by atoms with Crippen LogP contribution >= 0.6 is 0 Å². The zero-order valence-corrected chi connectivity index (χ0v) is 8.73. The molecule has 0 bridgehead atoms. The number of benzene rings is 1. The Kier molecular flexibility index (Phi) is 3.23. The summed E-state index contributed by atoms with van der Waals surface area (Å²) in [6, 6.07) is 7.76. The minimum absolute atomic E-state index is 0.0787. The molecule has 1 aliphatic rings. The largest absolute Gasteiger partial charge is 0.490 e. The lowest BCUT2D eigenvalue weighted by atomic mass is 10.1. The summed E-state index contributed by atoms with van der Waals surface area (Å²) in [5, 5.41) is 8.78. The van der Waals surface area contributed by atoms with Gasteiger partial charge in [-0.3, -0.25) is 0 Å². The molecule has 0 aromatic heterocycles. The van der Waals surface area contributed by atoms with E-state index in [0.29, 0.717) is 12.5 Å². The molecule has 3 N–H and O–H groups in total. The van der Waals surface area contributed by atoms with Gasteiger partial charge in [-0.1, -0.05) is 12.1 Å². The third-order valence-corrected chi connectivity index (χ3v) is 2.58. The first kappa shape index (κ1) is 10.5. The smallest absolute Gasteiger partial charge is 0.119 e. The first-order valence-corrected chi connectivity index (χ1v) is 5.42. The summed E-state index contributed by atoms with van der Waals surface area (Å²) in [5.74, 6) is 0.914. The van der Waals surface area contributed by atoms with Gasteiger partial charge < -0.3 is 15.6 Å². The molecule has 1 aromatic carbocycles. The highest BCUT2D eigenvalue weighted by Crippen LogP contribution is 2.27. The third kappa shape index (κ3) is 2.94. The predicted molar refractivity (Wildman–Crippen MR) is 58.7 cm³/mol. The SMILES string of the molecule is NC(CCO)c1ccc(OC2CC2)cc1. The van der Waals surface area contributed by atoms with Gasteiger partial charge in [-0.15, -0.1) is 0 Å².